The van der Waals surface area contributed by atoms with Crippen molar-refractivity contribution < 1.29 is 32.0 Å². The maximum Gasteiger partial charge on any atom is 0.258 e. The molecule has 0 aliphatic heterocycles. The molecule has 0 spiro atoms. The second-order valence-electron chi connectivity index (χ2n) is 7.97. The molecule has 0 unspecified atom stereocenters. The van der Waals surface area contributed by atoms with Crippen molar-refractivity contribution in [2.24, 2.45) is 5.10 Å². The molecule has 3 aromatic rings. The van der Waals surface area contributed by atoms with Crippen LogP contribution >= 0.6 is 0 Å². The molecule has 0 radical (unpaired) electrons. The summed E-state index contributed by atoms with van der Waals surface area (Å²) < 4.78 is 36.8. The van der Waals surface area contributed by atoms with Gasteiger partial charge >= 0.3 is 0 Å². The van der Waals surface area contributed by atoms with Gasteiger partial charge in [-0.1, -0.05) is 0 Å². The Bertz CT molecular complexity index is 1370. The number of anilines is 1. The van der Waals surface area contributed by atoms with Crippen molar-refractivity contribution in [2.75, 3.05) is 25.5 Å². The first kappa shape index (κ1) is 28.1. The predicted molar refractivity (Wildman–Crippen MR) is 139 cm³/mol. The number of sulfonamides is 1. The van der Waals surface area contributed by atoms with Crippen LogP contribution in [0.2, 0.25) is 0 Å². The van der Waals surface area contributed by atoms with Crippen molar-refractivity contribution in [3.05, 3.63) is 78.3 Å². The first-order valence-corrected chi connectivity index (χ1v) is 12.8. The van der Waals surface area contributed by atoms with Crippen LogP contribution in [0.4, 0.5) is 5.69 Å². The lowest BCUT2D eigenvalue weighted by molar-refractivity contribution is -0.123. The van der Waals surface area contributed by atoms with E-state index in [1.807, 2.05) is 0 Å². The van der Waals surface area contributed by atoms with Gasteiger partial charge in [0.1, 0.15) is 11.5 Å². The molecular weight excluding hydrogens is 514 g/mol. The number of carbonyl (C=O) groups is 3. The molecule has 3 rings (SSSR count). The van der Waals surface area contributed by atoms with E-state index in [9.17, 15) is 22.8 Å². The number of hydrazone groups is 1. The van der Waals surface area contributed by atoms with Crippen molar-refractivity contribution in [1.29, 1.82) is 0 Å². The molecular formula is C25H27N5O7S. The van der Waals surface area contributed by atoms with Gasteiger partial charge in [0.2, 0.25) is 15.9 Å². The van der Waals surface area contributed by atoms with Gasteiger partial charge in [-0.2, -0.15) is 9.41 Å². The largest absolute Gasteiger partial charge is 0.484 e. The summed E-state index contributed by atoms with van der Waals surface area (Å²) in [5.41, 5.74) is 3.38. The van der Waals surface area contributed by atoms with Crippen LogP contribution in [0.1, 0.15) is 18.2 Å². The highest BCUT2D eigenvalue weighted by Crippen LogP contribution is 2.17. The molecule has 1 aromatic heterocycles. The predicted octanol–water partition coefficient (Wildman–Crippen LogP) is 1.70. The molecule has 0 saturated carbocycles. The van der Waals surface area contributed by atoms with E-state index in [0.717, 1.165) is 4.31 Å². The van der Waals surface area contributed by atoms with Crippen molar-refractivity contribution in [3.63, 3.8) is 0 Å². The summed E-state index contributed by atoms with van der Waals surface area (Å²) in [6.45, 7) is 0.991. The summed E-state index contributed by atoms with van der Waals surface area (Å²) in [6, 6.07) is 15.7. The summed E-state index contributed by atoms with van der Waals surface area (Å²) in [5.74, 6) is -0.110. The highest BCUT2D eigenvalue weighted by Gasteiger charge is 2.22. The maximum atomic E-state index is 12.7. The number of nitrogens with zero attached hydrogens (tertiary/aromatic N) is 2. The average molecular weight is 542 g/mol. The number of hydrogen-bond donors (Lipinski definition) is 3. The van der Waals surface area contributed by atoms with Crippen LogP contribution < -0.4 is 20.8 Å². The molecule has 0 saturated heterocycles. The van der Waals surface area contributed by atoms with Crippen LogP contribution in [0.5, 0.6) is 5.75 Å². The van der Waals surface area contributed by atoms with Crippen molar-refractivity contribution in [3.8, 4) is 5.75 Å². The van der Waals surface area contributed by atoms with E-state index in [4.69, 9.17) is 9.15 Å². The Labute approximate surface area is 219 Å². The summed E-state index contributed by atoms with van der Waals surface area (Å²) in [7, 11) is -2.65. The number of amides is 3. The first-order valence-electron chi connectivity index (χ1n) is 11.3. The Morgan fingerprint density at radius 3 is 2.37 bits per heavy atom. The Hall–Kier alpha value is -4.49. The van der Waals surface area contributed by atoms with Gasteiger partial charge in [0, 0.05) is 19.7 Å². The van der Waals surface area contributed by atoms with Crippen LogP contribution in [0.15, 0.2) is 81.3 Å². The molecule has 200 valence electrons. The Morgan fingerprint density at radius 2 is 1.74 bits per heavy atom. The third-order valence-electron chi connectivity index (χ3n) is 4.94. The van der Waals surface area contributed by atoms with Crippen LogP contribution in [0.25, 0.3) is 0 Å². The third-order valence-corrected chi connectivity index (χ3v) is 6.76. The molecule has 0 fully saturated rings. The normalized spacial score (nSPS) is 11.3. The molecule has 2 aromatic carbocycles. The highest BCUT2D eigenvalue weighted by molar-refractivity contribution is 7.89. The van der Waals surface area contributed by atoms with Gasteiger partial charge in [-0.3, -0.25) is 14.4 Å². The molecule has 0 aliphatic carbocycles. The number of carbonyl (C=O) groups excluding carboxylic acids is 3. The molecule has 0 atom stereocenters. The smallest absolute Gasteiger partial charge is 0.258 e. The Balaban J connectivity index is 1.43. The van der Waals surface area contributed by atoms with Crippen LogP contribution in [0.3, 0.4) is 0 Å². The monoisotopic (exact) mass is 541 g/mol. The molecule has 0 bridgehead atoms. The van der Waals surface area contributed by atoms with Crippen molar-refractivity contribution in [2.45, 2.75) is 18.4 Å². The number of nitrogens with one attached hydrogen (secondary N) is 3. The molecule has 38 heavy (non-hydrogen) atoms. The molecule has 0 aliphatic rings. The molecule has 1 heterocycles. The van der Waals surface area contributed by atoms with Gasteiger partial charge in [0.05, 0.1) is 30.5 Å². The van der Waals surface area contributed by atoms with Gasteiger partial charge < -0.3 is 19.8 Å². The van der Waals surface area contributed by atoms with Gasteiger partial charge in [-0.25, -0.2) is 13.8 Å². The standard InChI is InChI=1S/C25H27N5O7S/c1-18(31)28-20-7-11-23(12-8-20)38(34,35)30(2)16-24(32)29-27-14-19-5-9-21(10-6-19)37-17-25(33)26-15-22-4-3-13-36-22/h3-14H,15-17H2,1-2H3,(H,26,33)(H,28,31)(H,29,32)/b27-14+. The van der Waals surface area contributed by atoms with Gasteiger partial charge in [0.15, 0.2) is 6.61 Å². The van der Waals surface area contributed by atoms with Crippen LogP contribution in [-0.2, 0) is 31.0 Å². The van der Waals surface area contributed by atoms with E-state index in [1.165, 1.54) is 50.7 Å². The van der Waals surface area contributed by atoms with E-state index in [0.29, 0.717) is 22.8 Å². The fourth-order valence-electron chi connectivity index (χ4n) is 3.04. The lowest BCUT2D eigenvalue weighted by atomic mass is 10.2. The van der Waals surface area contributed by atoms with E-state index >= 15 is 0 Å². The summed E-state index contributed by atoms with van der Waals surface area (Å²) >= 11 is 0. The van der Waals surface area contributed by atoms with E-state index < -0.39 is 22.5 Å². The van der Waals surface area contributed by atoms with Gasteiger partial charge in [-0.15, -0.1) is 0 Å². The molecule has 3 N–H and O–H groups in total. The fraction of sp³-hybridized carbons (Fsp3) is 0.200. The minimum Gasteiger partial charge on any atom is -0.484 e. The van der Waals surface area contributed by atoms with Gasteiger partial charge in [-0.05, 0) is 66.2 Å². The summed E-state index contributed by atoms with van der Waals surface area (Å²) in [5, 5.41) is 9.06. The van der Waals surface area contributed by atoms with Crippen LogP contribution in [0, 0.1) is 0 Å². The topological polar surface area (TPSA) is 159 Å². The van der Waals surface area contributed by atoms with Crippen molar-refractivity contribution in [1.82, 2.24) is 15.0 Å². The lowest BCUT2D eigenvalue weighted by Gasteiger charge is -2.16. The second-order valence-corrected chi connectivity index (χ2v) is 10.0. The van der Waals surface area contributed by atoms with E-state index in [-0.39, 0.29) is 29.9 Å². The molecule has 13 heteroatoms. The number of likely N-dealkylation sites (N-methyl/N-ethyl adjacent to an activating group) is 1. The Kier molecular flexibility index (Phi) is 9.73. The molecule has 12 nitrogen and oxygen atoms in total. The van der Waals surface area contributed by atoms with Crippen molar-refractivity contribution >= 4 is 39.6 Å². The van der Waals surface area contributed by atoms with Crippen LogP contribution in [-0.4, -0.2) is 56.9 Å². The van der Waals surface area contributed by atoms with E-state index in [2.05, 4.69) is 21.2 Å². The minimum atomic E-state index is -3.93. The zero-order valence-electron chi connectivity index (χ0n) is 20.7. The summed E-state index contributed by atoms with van der Waals surface area (Å²) in [4.78, 5) is 35.1. The maximum absolute atomic E-state index is 12.7. The fourth-order valence-corrected chi connectivity index (χ4v) is 4.17. The SMILES string of the molecule is CC(=O)Nc1ccc(S(=O)(=O)N(C)CC(=O)N/N=C/c2ccc(OCC(=O)NCc3ccco3)cc2)cc1. The lowest BCUT2D eigenvalue weighted by Crippen LogP contribution is -2.36. The first-order chi connectivity index (χ1) is 18.1. The number of ether oxygens (including phenoxy) is 1. The van der Waals surface area contributed by atoms with Gasteiger partial charge in [0.25, 0.3) is 11.8 Å². The number of hydrogen-bond acceptors (Lipinski definition) is 8. The summed E-state index contributed by atoms with van der Waals surface area (Å²) in [6.07, 6.45) is 2.91. The zero-order valence-corrected chi connectivity index (χ0v) is 21.5. The third kappa shape index (κ3) is 8.57. The minimum absolute atomic E-state index is 0.0253. The Morgan fingerprint density at radius 1 is 1.03 bits per heavy atom. The highest BCUT2D eigenvalue weighted by atomic mass is 32.2. The number of furan rings is 1. The average Bonchev–Trinajstić information content (AvgIpc) is 3.41. The number of rotatable bonds is 12. The number of benzene rings is 2. The second kappa shape index (κ2) is 13.2. The quantitative estimate of drug-likeness (QED) is 0.232. The zero-order chi connectivity index (χ0) is 27.5. The molecule has 3 amide bonds. The van der Waals surface area contributed by atoms with E-state index in [1.54, 1.807) is 36.4 Å².